The van der Waals surface area contributed by atoms with E-state index in [1.165, 1.54) is 0 Å². The zero-order chi connectivity index (χ0) is 12.1. The molecule has 0 bridgehead atoms. The Hall–Kier alpha value is -1.42. The minimum Gasteiger partial charge on any atom is -0.393 e. The third kappa shape index (κ3) is 3.62. The van der Waals surface area contributed by atoms with E-state index in [1.807, 2.05) is 32.0 Å². The van der Waals surface area contributed by atoms with Crippen LogP contribution >= 0.6 is 12.2 Å². The van der Waals surface area contributed by atoms with Crippen LogP contribution in [-0.4, -0.2) is 17.4 Å². The zero-order valence-electron chi connectivity index (χ0n) is 9.54. The number of benzene rings is 1. The topological polar surface area (TPSA) is 55.1 Å². The summed E-state index contributed by atoms with van der Waals surface area (Å²) in [6.45, 7) is 4.37. The first-order valence-corrected chi connectivity index (χ1v) is 5.55. The third-order valence-electron chi connectivity index (χ3n) is 2.29. The molecule has 1 aromatic carbocycles. The van der Waals surface area contributed by atoms with E-state index < -0.39 is 0 Å². The molecule has 1 amide bonds. The van der Waals surface area contributed by atoms with Crippen molar-refractivity contribution < 1.29 is 4.79 Å². The summed E-state index contributed by atoms with van der Waals surface area (Å²) in [4.78, 5) is 12.2. The molecule has 0 spiro atoms. The summed E-state index contributed by atoms with van der Waals surface area (Å²) in [6, 6.07) is 5.81. The lowest BCUT2D eigenvalue weighted by Crippen LogP contribution is -2.27. The number of nitrogens with two attached hydrogens (primary N) is 1. The highest BCUT2D eigenvalue weighted by Gasteiger charge is 2.08. The molecule has 3 nitrogen and oxygen atoms in total. The zero-order valence-corrected chi connectivity index (χ0v) is 10.4. The van der Waals surface area contributed by atoms with Crippen molar-refractivity contribution in [2.45, 2.75) is 20.3 Å². The fraction of sp³-hybridized carbons (Fsp3) is 0.333. The van der Waals surface area contributed by atoms with Crippen molar-refractivity contribution in [3.8, 4) is 0 Å². The Morgan fingerprint density at radius 3 is 2.75 bits per heavy atom. The van der Waals surface area contributed by atoms with E-state index in [4.69, 9.17) is 18.0 Å². The molecule has 0 saturated carbocycles. The van der Waals surface area contributed by atoms with Crippen LogP contribution in [0.3, 0.4) is 0 Å². The molecule has 0 heterocycles. The third-order valence-corrected chi connectivity index (χ3v) is 2.50. The Labute approximate surface area is 101 Å². The van der Waals surface area contributed by atoms with Crippen LogP contribution < -0.4 is 11.1 Å². The van der Waals surface area contributed by atoms with Gasteiger partial charge in [0.2, 0.25) is 0 Å². The maximum absolute atomic E-state index is 11.8. The van der Waals surface area contributed by atoms with E-state index in [2.05, 4.69) is 5.32 Å². The Bertz CT molecular complexity index is 415. The molecule has 0 unspecified atom stereocenters. The van der Waals surface area contributed by atoms with Crippen molar-refractivity contribution in [3.63, 3.8) is 0 Å². The fourth-order valence-electron chi connectivity index (χ4n) is 1.37. The minimum atomic E-state index is -0.0718. The number of rotatable bonds is 4. The Morgan fingerprint density at radius 2 is 2.12 bits per heavy atom. The normalized spacial score (nSPS) is 9.88. The predicted molar refractivity (Wildman–Crippen MR) is 69.7 cm³/mol. The van der Waals surface area contributed by atoms with E-state index in [-0.39, 0.29) is 5.91 Å². The molecular weight excluding hydrogens is 220 g/mol. The first-order chi connectivity index (χ1) is 7.50. The van der Waals surface area contributed by atoms with Gasteiger partial charge in [-0.3, -0.25) is 4.79 Å². The first kappa shape index (κ1) is 12.6. The van der Waals surface area contributed by atoms with E-state index in [1.54, 1.807) is 0 Å². The molecule has 1 aromatic rings. The maximum Gasteiger partial charge on any atom is 0.251 e. The van der Waals surface area contributed by atoms with Crippen molar-refractivity contribution >= 4 is 23.1 Å². The Balaban J connectivity index is 2.65. The van der Waals surface area contributed by atoms with Gasteiger partial charge < -0.3 is 11.1 Å². The van der Waals surface area contributed by atoms with Gasteiger partial charge in [0.15, 0.2) is 0 Å². The summed E-state index contributed by atoms with van der Waals surface area (Å²) in [7, 11) is 0. The molecule has 0 aliphatic carbocycles. The van der Waals surface area contributed by atoms with E-state index in [0.29, 0.717) is 23.5 Å². The smallest absolute Gasteiger partial charge is 0.251 e. The molecule has 86 valence electrons. The number of nitrogens with one attached hydrogen (secondary N) is 1. The second-order valence-electron chi connectivity index (χ2n) is 3.79. The number of hydrogen-bond donors (Lipinski definition) is 2. The molecule has 0 atom stereocenters. The molecule has 0 aliphatic rings. The average molecular weight is 236 g/mol. The highest BCUT2D eigenvalue weighted by atomic mass is 32.1. The molecule has 4 heteroatoms. The van der Waals surface area contributed by atoms with Crippen LogP contribution in [-0.2, 0) is 0 Å². The van der Waals surface area contributed by atoms with Gasteiger partial charge >= 0.3 is 0 Å². The van der Waals surface area contributed by atoms with Gasteiger partial charge in [-0.1, -0.05) is 29.9 Å². The number of hydrogen-bond acceptors (Lipinski definition) is 2. The Morgan fingerprint density at radius 1 is 1.44 bits per heavy atom. The maximum atomic E-state index is 11.8. The predicted octanol–water partition coefficient (Wildman–Crippen LogP) is 1.71. The Kier molecular flexibility index (Phi) is 4.43. The largest absolute Gasteiger partial charge is 0.393 e. The average Bonchev–Trinajstić information content (AvgIpc) is 2.21. The second-order valence-corrected chi connectivity index (χ2v) is 4.31. The van der Waals surface area contributed by atoms with Crippen LogP contribution in [0.1, 0.15) is 27.9 Å². The molecule has 0 saturated heterocycles. The van der Waals surface area contributed by atoms with Gasteiger partial charge in [-0.05, 0) is 25.5 Å². The molecule has 0 aliphatic heterocycles. The number of aryl methyl sites for hydroxylation is 2. The summed E-state index contributed by atoms with van der Waals surface area (Å²) in [5.41, 5.74) is 8.11. The van der Waals surface area contributed by atoms with Gasteiger partial charge in [-0.25, -0.2) is 0 Å². The second kappa shape index (κ2) is 5.61. The lowest BCUT2D eigenvalue weighted by Gasteiger charge is -2.08. The van der Waals surface area contributed by atoms with E-state index in [0.717, 1.165) is 11.1 Å². The van der Waals surface area contributed by atoms with Gasteiger partial charge in [-0.2, -0.15) is 0 Å². The lowest BCUT2D eigenvalue weighted by molar-refractivity contribution is 0.0954. The highest BCUT2D eigenvalue weighted by molar-refractivity contribution is 7.80. The quantitative estimate of drug-likeness (QED) is 0.782. The van der Waals surface area contributed by atoms with Crippen molar-refractivity contribution in [2.24, 2.45) is 5.73 Å². The number of thiocarbonyl (C=S) groups is 1. The summed E-state index contributed by atoms with van der Waals surface area (Å²) >= 11 is 4.74. The van der Waals surface area contributed by atoms with Crippen LogP contribution in [0.4, 0.5) is 0 Å². The van der Waals surface area contributed by atoms with Crippen LogP contribution in [0.2, 0.25) is 0 Å². The first-order valence-electron chi connectivity index (χ1n) is 5.14. The van der Waals surface area contributed by atoms with Gasteiger partial charge in [0.25, 0.3) is 5.91 Å². The molecule has 3 N–H and O–H groups in total. The summed E-state index contributed by atoms with van der Waals surface area (Å²) in [5.74, 6) is -0.0718. The van der Waals surface area contributed by atoms with Crippen LogP contribution in [0.15, 0.2) is 18.2 Å². The number of carbonyl (C=O) groups is 1. The molecule has 0 radical (unpaired) electrons. The van der Waals surface area contributed by atoms with Gasteiger partial charge in [0, 0.05) is 18.5 Å². The van der Waals surface area contributed by atoms with E-state index >= 15 is 0 Å². The standard InChI is InChI=1S/C12H16N2OS/c1-8-3-4-9(2)10(7-8)12(15)14-6-5-11(13)16/h3-4,7H,5-6H2,1-2H3,(H2,13,16)(H,14,15). The molecule has 0 fully saturated rings. The fourth-order valence-corrected chi connectivity index (χ4v) is 1.48. The monoisotopic (exact) mass is 236 g/mol. The SMILES string of the molecule is Cc1ccc(C)c(C(=O)NCCC(N)=S)c1. The van der Waals surface area contributed by atoms with Crippen LogP contribution in [0.5, 0.6) is 0 Å². The molecule has 16 heavy (non-hydrogen) atoms. The summed E-state index contributed by atoms with van der Waals surface area (Å²) < 4.78 is 0. The number of amides is 1. The summed E-state index contributed by atoms with van der Waals surface area (Å²) in [5, 5.41) is 2.79. The molecule has 1 rings (SSSR count). The van der Waals surface area contributed by atoms with Crippen molar-refractivity contribution in [2.75, 3.05) is 6.54 Å². The molecular formula is C12H16N2OS. The lowest BCUT2D eigenvalue weighted by atomic mass is 10.1. The van der Waals surface area contributed by atoms with Gasteiger partial charge in [0.1, 0.15) is 0 Å². The highest BCUT2D eigenvalue weighted by Crippen LogP contribution is 2.10. The van der Waals surface area contributed by atoms with Crippen molar-refractivity contribution in [3.05, 3.63) is 34.9 Å². The van der Waals surface area contributed by atoms with Gasteiger partial charge in [0.05, 0.1) is 4.99 Å². The summed E-state index contributed by atoms with van der Waals surface area (Å²) in [6.07, 6.45) is 0.534. The van der Waals surface area contributed by atoms with E-state index in [9.17, 15) is 4.79 Å². The number of carbonyl (C=O) groups excluding carboxylic acids is 1. The van der Waals surface area contributed by atoms with Crippen LogP contribution in [0, 0.1) is 13.8 Å². The minimum absolute atomic E-state index is 0.0718. The molecule has 0 aromatic heterocycles. The van der Waals surface area contributed by atoms with Crippen molar-refractivity contribution in [1.29, 1.82) is 0 Å². The van der Waals surface area contributed by atoms with Crippen LogP contribution in [0.25, 0.3) is 0 Å². The van der Waals surface area contributed by atoms with Crippen molar-refractivity contribution in [1.82, 2.24) is 5.32 Å². The van der Waals surface area contributed by atoms with Gasteiger partial charge in [-0.15, -0.1) is 0 Å².